The second-order valence-corrected chi connectivity index (χ2v) is 9.34. The maximum absolute atomic E-state index is 12.7. The fraction of sp³-hybridized carbons (Fsp3) is 0.520. The Morgan fingerprint density at radius 2 is 1.94 bits per heavy atom. The van der Waals surface area contributed by atoms with E-state index in [1.54, 1.807) is 19.2 Å². The number of carbonyl (C=O) groups excluding carboxylic acids is 1. The van der Waals surface area contributed by atoms with E-state index in [9.17, 15) is 9.90 Å². The number of anilines is 1. The molecule has 1 aliphatic carbocycles. The first-order valence-corrected chi connectivity index (χ1v) is 12.2. The summed E-state index contributed by atoms with van der Waals surface area (Å²) in [5, 5.41) is 21.4. The van der Waals surface area contributed by atoms with Crippen LogP contribution in [0.3, 0.4) is 0 Å². The molecule has 1 aliphatic heterocycles. The van der Waals surface area contributed by atoms with Crippen molar-refractivity contribution in [1.29, 1.82) is 0 Å². The first-order chi connectivity index (χ1) is 16.6. The Balaban J connectivity index is 1.23. The summed E-state index contributed by atoms with van der Waals surface area (Å²) in [7, 11) is 1.66. The summed E-state index contributed by atoms with van der Waals surface area (Å²) in [6.45, 7) is 1.93. The van der Waals surface area contributed by atoms with Crippen molar-refractivity contribution in [2.45, 2.75) is 50.7 Å². The van der Waals surface area contributed by atoms with Crippen LogP contribution in [0.4, 0.5) is 5.82 Å². The van der Waals surface area contributed by atoms with Crippen LogP contribution in [0.2, 0.25) is 5.02 Å². The van der Waals surface area contributed by atoms with Gasteiger partial charge in [-0.2, -0.15) is 0 Å². The molecule has 1 saturated heterocycles. The summed E-state index contributed by atoms with van der Waals surface area (Å²) in [4.78, 5) is 18.7. The number of hydrogen-bond acceptors (Lipinski definition) is 6. The fourth-order valence-corrected chi connectivity index (χ4v) is 4.73. The number of halogens is 1. The Hall–Kier alpha value is -2.89. The van der Waals surface area contributed by atoms with E-state index in [0.29, 0.717) is 16.6 Å². The molecule has 1 aromatic carbocycles. The summed E-state index contributed by atoms with van der Waals surface area (Å²) in [5.41, 5.74) is 1.07. The molecular weight excluding hydrogens is 454 g/mol. The summed E-state index contributed by atoms with van der Waals surface area (Å²) < 4.78 is 6.10. The molecule has 0 radical (unpaired) electrons. The maximum atomic E-state index is 12.7. The van der Waals surface area contributed by atoms with Crippen molar-refractivity contribution in [1.82, 2.24) is 15.5 Å². The topological polar surface area (TPSA) is 91.9 Å². The van der Waals surface area contributed by atoms with Crippen LogP contribution in [0.15, 0.2) is 30.3 Å². The highest BCUT2D eigenvalue weighted by Crippen LogP contribution is 2.27. The molecule has 1 amide bonds. The van der Waals surface area contributed by atoms with E-state index in [1.165, 1.54) is 0 Å². The third kappa shape index (κ3) is 6.16. The molecule has 2 fully saturated rings. The molecular formula is C25H31ClN5O3+. The van der Waals surface area contributed by atoms with E-state index >= 15 is 0 Å². The van der Waals surface area contributed by atoms with E-state index < -0.39 is 0 Å². The SMILES string of the molecule is C[N+]#Cc1ccc(O[C@H]2CC[C@H](NC(=O)c3ccc(N4CCC(CO)CC4)nn3)CC2)cc1Cl. The number of piperidine rings is 1. The highest BCUT2D eigenvalue weighted by Gasteiger charge is 2.25. The average Bonchev–Trinajstić information content (AvgIpc) is 2.87. The number of rotatable bonds is 6. The highest BCUT2D eigenvalue weighted by atomic mass is 35.5. The number of ether oxygens (including phenoxy) is 1. The summed E-state index contributed by atoms with van der Waals surface area (Å²) in [6.07, 6.45) is 5.35. The fourth-order valence-electron chi connectivity index (χ4n) is 4.52. The minimum atomic E-state index is -0.196. The molecule has 0 atom stereocenters. The molecule has 2 N–H and O–H groups in total. The number of nitrogens with one attached hydrogen (secondary N) is 1. The van der Waals surface area contributed by atoms with Gasteiger partial charge in [0.05, 0.1) is 11.1 Å². The van der Waals surface area contributed by atoms with E-state index in [2.05, 4.69) is 31.3 Å². The van der Waals surface area contributed by atoms with Gasteiger partial charge < -0.3 is 20.1 Å². The zero-order valence-electron chi connectivity index (χ0n) is 19.4. The molecule has 1 saturated carbocycles. The predicted octanol–water partition coefficient (Wildman–Crippen LogP) is 3.77. The predicted molar refractivity (Wildman–Crippen MR) is 132 cm³/mol. The maximum Gasteiger partial charge on any atom is 0.312 e. The van der Waals surface area contributed by atoms with Gasteiger partial charge >= 0.3 is 6.07 Å². The lowest BCUT2D eigenvalue weighted by Crippen LogP contribution is -2.40. The Bertz CT molecular complexity index is 1040. The molecule has 8 nitrogen and oxygen atoms in total. The second kappa shape index (κ2) is 11.5. The van der Waals surface area contributed by atoms with Gasteiger partial charge in [0.15, 0.2) is 11.5 Å². The third-order valence-corrected chi connectivity index (χ3v) is 6.88. The van der Waals surface area contributed by atoms with Gasteiger partial charge in [0, 0.05) is 31.8 Å². The third-order valence-electron chi connectivity index (χ3n) is 6.56. The van der Waals surface area contributed by atoms with Gasteiger partial charge in [-0.1, -0.05) is 16.4 Å². The molecule has 2 aliphatic rings. The molecule has 180 valence electrons. The van der Waals surface area contributed by atoms with Crippen LogP contribution in [0.5, 0.6) is 5.75 Å². The molecule has 2 heterocycles. The first kappa shape index (κ1) is 24.2. The molecule has 0 unspecified atom stereocenters. The number of aliphatic hydroxyl groups is 1. The van der Waals surface area contributed by atoms with E-state index in [1.807, 2.05) is 18.2 Å². The van der Waals surface area contributed by atoms with Crippen molar-refractivity contribution < 1.29 is 14.6 Å². The summed E-state index contributed by atoms with van der Waals surface area (Å²) in [5.74, 6) is 1.68. The molecule has 1 aromatic heterocycles. The van der Waals surface area contributed by atoms with Crippen LogP contribution in [-0.4, -0.2) is 60.1 Å². The Morgan fingerprint density at radius 1 is 1.18 bits per heavy atom. The van der Waals surface area contributed by atoms with Gasteiger partial charge in [0.2, 0.25) is 0 Å². The van der Waals surface area contributed by atoms with Gasteiger partial charge in [-0.3, -0.25) is 4.79 Å². The number of aromatic nitrogens is 2. The minimum absolute atomic E-state index is 0.0904. The van der Waals surface area contributed by atoms with Gasteiger partial charge in [-0.05, 0) is 68.7 Å². The monoisotopic (exact) mass is 484 g/mol. The van der Waals surface area contributed by atoms with Crippen molar-refractivity contribution in [3.63, 3.8) is 0 Å². The molecule has 34 heavy (non-hydrogen) atoms. The van der Waals surface area contributed by atoms with Gasteiger partial charge in [0.1, 0.15) is 11.3 Å². The van der Waals surface area contributed by atoms with Gasteiger partial charge in [-0.15, -0.1) is 10.2 Å². The lowest BCUT2D eigenvalue weighted by molar-refractivity contribution is 0.0888. The highest BCUT2D eigenvalue weighted by molar-refractivity contribution is 6.31. The minimum Gasteiger partial charge on any atom is -0.490 e. The Kier molecular flexibility index (Phi) is 8.20. The second-order valence-electron chi connectivity index (χ2n) is 8.93. The Morgan fingerprint density at radius 3 is 2.56 bits per heavy atom. The largest absolute Gasteiger partial charge is 0.490 e. The molecule has 0 spiro atoms. The van der Waals surface area contributed by atoms with Crippen LogP contribution < -0.4 is 15.0 Å². The number of amides is 1. The first-order valence-electron chi connectivity index (χ1n) is 11.9. The van der Waals surface area contributed by atoms with E-state index in [-0.39, 0.29) is 24.7 Å². The molecule has 0 bridgehead atoms. The summed E-state index contributed by atoms with van der Waals surface area (Å²) in [6, 6.07) is 12.0. The van der Waals surface area contributed by atoms with E-state index in [4.69, 9.17) is 16.3 Å². The van der Waals surface area contributed by atoms with Crippen molar-refractivity contribution in [2.75, 3.05) is 31.6 Å². The van der Waals surface area contributed by atoms with Crippen LogP contribution in [0, 0.1) is 12.0 Å². The zero-order chi connectivity index (χ0) is 23.9. The lowest BCUT2D eigenvalue weighted by Gasteiger charge is -2.31. The average molecular weight is 485 g/mol. The van der Waals surface area contributed by atoms with Crippen molar-refractivity contribution >= 4 is 23.3 Å². The van der Waals surface area contributed by atoms with Crippen molar-refractivity contribution in [3.05, 3.63) is 51.5 Å². The van der Waals surface area contributed by atoms with Crippen molar-refractivity contribution in [3.8, 4) is 11.8 Å². The molecule has 9 heteroatoms. The number of hydrogen-bond donors (Lipinski definition) is 2. The quantitative estimate of drug-likeness (QED) is 0.648. The zero-order valence-corrected chi connectivity index (χ0v) is 20.2. The number of nitrogens with zero attached hydrogens (tertiary/aromatic N) is 4. The number of benzene rings is 1. The summed E-state index contributed by atoms with van der Waals surface area (Å²) >= 11 is 6.26. The standard InChI is InChI=1S/C25H30ClN5O3/c1-27-15-18-2-5-21(14-22(18)26)34-20-6-3-19(4-7-20)28-25(33)23-8-9-24(30-29-23)31-12-10-17(16-32)11-13-31/h2,5,8-9,14,17,19-20,32H,3-4,6-7,10-13,16H2,1H3/p+1/t19-,20-. The number of carbonyl (C=O) groups is 1. The Labute approximate surface area is 205 Å². The van der Waals surface area contributed by atoms with Gasteiger partial charge in [0.25, 0.3) is 13.0 Å². The normalized spacial score (nSPS) is 20.9. The van der Waals surface area contributed by atoms with Crippen molar-refractivity contribution in [2.24, 2.45) is 5.92 Å². The molecule has 4 rings (SSSR count). The van der Waals surface area contributed by atoms with Crippen LogP contribution in [0.25, 0.3) is 4.85 Å². The van der Waals surface area contributed by atoms with Gasteiger partial charge in [-0.25, -0.2) is 0 Å². The van der Waals surface area contributed by atoms with Crippen LogP contribution in [-0.2, 0) is 0 Å². The lowest BCUT2D eigenvalue weighted by atomic mass is 9.93. The molecule has 2 aromatic rings. The smallest absolute Gasteiger partial charge is 0.312 e. The van der Waals surface area contributed by atoms with Crippen LogP contribution >= 0.6 is 11.6 Å². The van der Waals surface area contributed by atoms with E-state index in [0.717, 1.165) is 68.7 Å². The van der Waals surface area contributed by atoms with Crippen LogP contribution in [0.1, 0.15) is 54.6 Å². The number of aliphatic hydroxyl groups excluding tert-OH is 1.